The first kappa shape index (κ1) is 39.5. The van der Waals surface area contributed by atoms with Gasteiger partial charge in [0.2, 0.25) is 29.5 Å². The smallest absolute Gasteiger partial charge is 0.410 e. The zero-order valence-electron chi connectivity index (χ0n) is 30.2. The molecule has 2 N–H and O–H groups in total. The summed E-state index contributed by atoms with van der Waals surface area (Å²) in [6.07, 6.45) is 6.13. The van der Waals surface area contributed by atoms with E-state index >= 15 is 0 Å². The summed E-state index contributed by atoms with van der Waals surface area (Å²) < 4.78 is 5.39. The molecule has 0 spiro atoms. The minimum absolute atomic E-state index is 0.194. The van der Waals surface area contributed by atoms with E-state index in [9.17, 15) is 38.7 Å². The third-order valence-corrected chi connectivity index (χ3v) is 9.78. The fourth-order valence-electron chi connectivity index (χ4n) is 6.68. The first-order valence-electron chi connectivity index (χ1n) is 17.5. The van der Waals surface area contributed by atoms with Crippen LogP contribution in [0.5, 0.6) is 0 Å². The number of aliphatic carboxylic acids is 1. The average Bonchev–Trinajstić information content (AvgIpc) is 3.55. The number of likely N-dealkylation sites (tertiary alicyclic amines) is 2. The van der Waals surface area contributed by atoms with Crippen LogP contribution in [0.4, 0.5) is 4.79 Å². The van der Waals surface area contributed by atoms with Crippen LogP contribution in [0.25, 0.3) is 0 Å². The summed E-state index contributed by atoms with van der Waals surface area (Å²) in [7, 11) is 4.45. The minimum atomic E-state index is -1.26. The average molecular weight is 693 g/mol. The predicted molar refractivity (Wildman–Crippen MR) is 179 cm³/mol. The number of rotatable bonds is 13. The van der Waals surface area contributed by atoms with Gasteiger partial charge in [0.15, 0.2) is 0 Å². The largest absolute Gasteiger partial charge is 0.481 e. The lowest BCUT2D eigenvalue weighted by Gasteiger charge is -2.45. The van der Waals surface area contributed by atoms with Gasteiger partial charge in [-0.3, -0.25) is 33.7 Å². The van der Waals surface area contributed by atoms with Crippen LogP contribution >= 0.6 is 0 Å². The number of hydrogen-bond acceptors (Lipinski definition) is 8. The molecule has 0 aromatic heterocycles. The van der Waals surface area contributed by atoms with Crippen molar-refractivity contribution in [2.24, 2.45) is 5.92 Å². The fourth-order valence-corrected chi connectivity index (χ4v) is 6.68. The Morgan fingerprint density at radius 3 is 2.00 bits per heavy atom. The first-order chi connectivity index (χ1) is 22.9. The lowest BCUT2D eigenvalue weighted by Crippen LogP contribution is -2.64. The molecule has 0 aromatic rings. The van der Waals surface area contributed by atoms with E-state index in [-0.39, 0.29) is 5.92 Å². The van der Waals surface area contributed by atoms with E-state index in [1.165, 1.54) is 45.6 Å². The van der Waals surface area contributed by atoms with Crippen LogP contribution in [0.3, 0.4) is 0 Å². The number of amides is 6. The summed E-state index contributed by atoms with van der Waals surface area (Å²) in [6, 6.07) is -3.86. The molecule has 49 heavy (non-hydrogen) atoms. The summed E-state index contributed by atoms with van der Waals surface area (Å²) in [6.45, 7) is 7.64. The number of hydrogen-bond donors (Lipinski definition) is 2. The Balaban J connectivity index is 1.71. The second-order valence-corrected chi connectivity index (χ2v) is 14.8. The summed E-state index contributed by atoms with van der Waals surface area (Å²) >= 11 is 0. The van der Waals surface area contributed by atoms with E-state index in [1.54, 1.807) is 27.7 Å². The molecule has 4 atom stereocenters. The van der Waals surface area contributed by atoms with Crippen molar-refractivity contribution in [3.63, 3.8) is 0 Å². The lowest BCUT2D eigenvalue weighted by atomic mass is 9.84. The minimum Gasteiger partial charge on any atom is -0.481 e. The molecular formula is C34H56N6O9. The third kappa shape index (κ3) is 10.8. The van der Waals surface area contributed by atoms with Crippen molar-refractivity contribution in [3.05, 3.63) is 0 Å². The molecule has 15 heteroatoms. The molecule has 15 nitrogen and oxygen atoms in total. The normalized spacial score (nSPS) is 19.9. The van der Waals surface area contributed by atoms with Gasteiger partial charge < -0.3 is 34.8 Å². The molecule has 276 valence electrons. The van der Waals surface area contributed by atoms with Crippen LogP contribution in [0.1, 0.15) is 91.9 Å². The van der Waals surface area contributed by atoms with Crippen LogP contribution in [0.15, 0.2) is 0 Å². The molecule has 3 aliphatic rings. The van der Waals surface area contributed by atoms with Crippen LogP contribution < -0.4 is 5.32 Å². The van der Waals surface area contributed by atoms with Gasteiger partial charge in [0.25, 0.3) is 0 Å². The molecule has 2 heterocycles. The number of carbonyl (C=O) groups is 7. The van der Waals surface area contributed by atoms with Gasteiger partial charge in [-0.1, -0.05) is 32.1 Å². The Labute approximate surface area is 289 Å². The lowest BCUT2D eigenvalue weighted by molar-refractivity contribution is -0.158. The maximum atomic E-state index is 14.0. The van der Waals surface area contributed by atoms with Crippen molar-refractivity contribution < 1.29 is 43.4 Å². The quantitative estimate of drug-likeness (QED) is 0.291. The molecule has 0 bridgehead atoms. The number of carboxylic acids is 1. The summed E-state index contributed by atoms with van der Waals surface area (Å²) in [5, 5.41) is 11.9. The predicted octanol–water partition coefficient (Wildman–Crippen LogP) is 1.68. The van der Waals surface area contributed by atoms with Gasteiger partial charge in [-0.15, -0.1) is 0 Å². The number of carbonyl (C=O) groups excluding carboxylic acids is 6. The maximum absolute atomic E-state index is 14.0. The van der Waals surface area contributed by atoms with Gasteiger partial charge in [-0.05, 0) is 59.3 Å². The van der Waals surface area contributed by atoms with E-state index in [0.717, 1.165) is 44.9 Å². The van der Waals surface area contributed by atoms with E-state index in [1.807, 2.05) is 0 Å². The van der Waals surface area contributed by atoms with Gasteiger partial charge in [-0.2, -0.15) is 0 Å². The monoisotopic (exact) mass is 692 g/mol. The highest BCUT2D eigenvalue weighted by Crippen LogP contribution is 2.30. The highest BCUT2D eigenvalue weighted by atomic mass is 16.6. The van der Waals surface area contributed by atoms with Crippen molar-refractivity contribution in [1.29, 1.82) is 0 Å². The SMILES string of the molecule is C[C@@H](C(=O)N1CC[C@H]1C(=O)N(C)[C@@H](CC1CCCCC1)C(=O)N(C)CC(=O)N[C@@H](CC(=O)O)C(=O)N1CCCC1)N(C)C(=O)OC(C)(C)C. The molecule has 2 aliphatic heterocycles. The molecule has 3 rings (SSSR count). The first-order valence-corrected chi connectivity index (χ1v) is 17.5. The van der Waals surface area contributed by atoms with Gasteiger partial charge >= 0.3 is 12.1 Å². The van der Waals surface area contributed by atoms with Crippen molar-refractivity contribution in [3.8, 4) is 0 Å². The summed E-state index contributed by atoms with van der Waals surface area (Å²) in [4.78, 5) is 98.2. The molecule has 6 amide bonds. The standard InChI is InChI=1S/C34H56N6O9/c1-22(37(6)33(48)49-34(2,3)4)29(44)40-18-15-25(40)32(47)38(7)26(19-23-13-9-8-10-14-23)31(46)36(5)21-27(41)35-24(20-28(42)43)30(45)39-16-11-12-17-39/h22-26H,8-21H2,1-7H3,(H,35,41)(H,42,43)/t22-,24-,25-,26-/m0/s1. The van der Waals surface area contributed by atoms with E-state index in [2.05, 4.69) is 5.32 Å². The van der Waals surface area contributed by atoms with Crippen LogP contribution in [-0.4, -0.2) is 148 Å². The Bertz CT molecular complexity index is 1240. The molecule has 0 unspecified atom stereocenters. The second kappa shape index (κ2) is 17.1. The number of nitrogens with one attached hydrogen (secondary N) is 1. The van der Waals surface area contributed by atoms with Gasteiger partial charge in [-0.25, -0.2) is 4.79 Å². The summed E-state index contributed by atoms with van der Waals surface area (Å²) in [5.74, 6) is -3.46. The van der Waals surface area contributed by atoms with Gasteiger partial charge in [0, 0.05) is 40.8 Å². The number of carboxylic acid groups (broad SMARTS) is 1. The van der Waals surface area contributed by atoms with Crippen LogP contribution in [0, 0.1) is 5.92 Å². The van der Waals surface area contributed by atoms with Crippen molar-refractivity contribution in [1.82, 2.24) is 29.8 Å². The molecular weight excluding hydrogens is 636 g/mol. The third-order valence-electron chi connectivity index (χ3n) is 9.78. The van der Waals surface area contributed by atoms with Crippen molar-refractivity contribution in [2.45, 2.75) is 122 Å². The zero-order valence-corrected chi connectivity index (χ0v) is 30.2. The molecule has 0 radical (unpaired) electrons. The van der Waals surface area contributed by atoms with Crippen molar-refractivity contribution in [2.75, 3.05) is 47.3 Å². The maximum Gasteiger partial charge on any atom is 0.410 e. The fraction of sp³-hybridized carbons (Fsp3) is 0.794. The van der Waals surface area contributed by atoms with Crippen LogP contribution in [-0.2, 0) is 33.5 Å². The molecule has 3 fully saturated rings. The number of nitrogens with zero attached hydrogens (tertiary/aromatic N) is 5. The summed E-state index contributed by atoms with van der Waals surface area (Å²) in [5.41, 5.74) is -0.745. The topological polar surface area (TPSA) is 177 Å². The molecule has 1 saturated carbocycles. The van der Waals surface area contributed by atoms with E-state index < -0.39 is 84.3 Å². The Morgan fingerprint density at radius 1 is 0.857 bits per heavy atom. The van der Waals surface area contributed by atoms with Crippen molar-refractivity contribution >= 4 is 41.6 Å². The Hall–Kier alpha value is -3.91. The van der Waals surface area contributed by atoms with Gasteiger partial charge in [0.05, 0.1) is 13.0 Å². The molecule has 2 saturated heterocycles. The van der Waals surface area contributed by atoms with Gasteiger partial charge in [0.1, 0.15) is 29.8 Å². The van der Waals surface area contributed by atoms with Crippen LogP contribution in [0.2, 0.25) is 0 Å². The highest BCUT2D eigenvalue weighted by Gasteiger charge is 2.45. The van der Waals surface area contributed by atoms with E-state index in [4.69, 9.17) is 4.74 Å². The zero-order chi connectivity index (χ0) is 36.6. The number of likely N-dealkylation sites (N-methyl/N-ethyl adjacent to an activating group) is 3. The second-order valence-electron chi connectivity index (χ2n) is 14.8. The van der Waals surface area contributed by atoms with E-state index in [0.29, 0.717) is 32.5 Å². The Morgan fingerprint density at radius 2 is 1.47 bits per heavy atom. The Kier molecular flexibility index (Phi) is 13.8. The highest BCUT2D eigenvalue weighted by molar-refractivity contribution is 5.96. The number of ether oxygens (including phenoxy) is 1. The molecule has 1 aliphatic carbocycles. The molecule has 0 aromatic carbocycles.